The van der Waals surface area contributed by atoms with Crippen LogP contribution in [0.3, 0.4) is 0 Å². The van der Waals surface area contributed by atoms with Gasteiger partial charge in [0.05, 0.1) is 22.7 Å². The summed E-state index contributed by atoms with van der Waals surface area (Å²) in [6, 6.07) is 15.4. The first-order valence-corrected chi connectivity index (χ1v) is 7.27. The molecule has 1 N–H and O–H groups in total. The Bertz CT molecular complexity index is 843. The van der Waals surface area contributed by atoms with Gasteiger partial charge in [-0.05, 0) is 29.8 Å². The number of aromatic nitrogens is 2. The molecule has 4 nitrogen and oxygen atoms in total. The van der Waals surface area contributed by atoms with Gasteiger partial charge in [-0.2, -0.15) is 5.26 Å². The Kier molecular flexibility index (Phi) is 3.80. The highest BCUT2D eigenvalue weighted by atomic mass is 16.5. The highest BCUT2D eigenvalue weighted by Crippen LogP contribution is 2.22. The topological polar surface area (TPSA) is 61.7 Å². The van der Waals surface area contributed by atoms with Crippen molar-refractivity contribution in [2.45, 2.75) is 26.4 Å². The number of hydrogen-bond donors (Lipinski definition) is 1. The number of nitrogens with zero attached hydrogens (tertiary/aromatic N) is 2. The average molecular weight is 291 g/mol. The Balaban J connectivity index is 1.77. The molecule has 3 aromatic rings. The second-order valence-corrected chi connectivity index (χ2v) is 5.56. The van der Waals surface area contributed by atoms with Gasteiger partial charge in [-0.15, -0.1) is 0 Å². The van der Waals surface area contributed by atoms with Gasteiger partial charge in [0.25, 0.3) is 0 Å². The standard InChI is InChI=1S/C18H17N3O/c1-12(2)18-20-16-7-6-15(9-17(16)21-18)22-11-14-5-3-4-13(8-14)10-19/h3-9,12H,11H2,1-2H3,(H,20,21). The highest BCUT2D eigenvalue weighted by Gasteiger charge is 2.07. The lowest BCUT2D eigenvalue weighted by Crippen LogP contribution is -1.95. The molecule has 0 unspecified atom stereocenters. The van der Waals surface area contributed by atoms with Crippen molar-refractivity contribution in [3.05, 3.63) is 59.4 Å². The minimum atomic E-state index is 0.366. The average Bonchev–Trinajstić information content (AvgIpc) is 2.96. The molecule has 3 rings (SSSR count). The van der Waals surface area contributed by atoms with E-state index in [9.17, 15) is 0 Å². The third-order valence-corrected chi connectivity index (χ3v) is 3.48. The summed E-state index contributed by atoms with van der Waals surface area (Å²) in [5.41, 5.74) is 3.55. The van der Waals surface area contributed by atoms with Crippen LogP contribution in [-0.2, 0) is 6.61 Å². The van der Waals surface area contributed by atoms with Crippen LogP contribution in [-0.4, -0.2) is 9.97 Å². The molecule has 0 bridgehead atoms. The van der Waals surface area contributed by atoms with Crippen LogP contribution in [0.1, 0.15) is 36.7 Å². The van der Waals surface area contributed by atoms with Gasteiger partial charge < -0.3 is 9.72 Å². The largest absolute Gasteiger partial charge is 0.489 e. The van der Waals surface area contributed by atoms with Crippen LogP contribution in [0.25, 0.3) is 11.0 Å². The molecule has 0 atom stereocenters. The number of rotatable bonds is 4. The van der Waals surface area contributed by atoms with E-state index in [0.717, 1.165) is 28.2 Å². The number of H-pyrrole nitrogens is 1. The Labute approximate surface area is 129 Å². The molecule has 0 aliphatic heterocycles. The zero-order valence-corrected chi connectivity index (χ0v) is 12.6. The van der Waals surface area contributed by atoms with Gasteiger partial charge in [0, 0.05) is 12.0 Å². The quantitative estimate of drug-likeness (QED) is 0.786. The lowest BCUT2D eigenvalue weighted by atomic mass is 10.1. The molecule has 0 saturated heterocycles. The number of imidazole rings is 1. The van der Waals surface area contributed by atoms with E-state index in [1.807, 2.05) is 36.4 Å². The Morgan fingerprint density at radius 3 is 2.86 bits per heavy atom. The minimum Gasteiger partial charge on any atom is -0.489 e. The summed E-state index contributed by atoms with van der Waals surface area (Å²) >= 11 is 0. The maximum atomic E-state index is 8.91. The van der Waals surface area contributed by atoms with E-state index >= 15 is 0 Å². The molecule has 22 heavy (non-hydrogen) atoms. The fourth-order valence-electron chi connectivity index (χ4n) is 2.27. The summed E-state index contributed by atoms with van der Waals surface area (Å²) in [5.74, 6) is 2.13. The van der Waals surface area contributed by atoms with Crippen LogP contribution in [0, 0.1) is 11.3 Å². The van der Waals surface area contributed by atoms with Gasteiger partial charge in [0.15, 0.2) is 0 Å². The summed E-state index contributed by atoms with van der Waals surface area (Å²) in [6.07, 6.45) is 0. The van der Waals surface area contributed by atoms with E-state index in [1.54, 1.807) is 6.07 Å². The van der Waals surface area contributed by atoms with Gasteiger partial charge in [0.2, 0.25) is 0 Å². The summed E-state index contributed by atoms with van der Waals surface area (Å²) < 4.78 is 5.81. The first kappa shape index (κ1) is 14.2. The van der Waals surface area contributed by atoms with Gasteiger partial charge in [-0.3, -0.25) is 0 Å². The molecule has 0 amide bonds. The number of nitrogens with one attached hydrogen (secondary N) is 1. The second kappa shape index (κ2) is 5.90. The molecule has 0 aliphatic rings. The van der Waals surface area contributed by atoms with Crippen LogP contribution in [0.4, 0.5) is 0 Å². The summed E-state index contributed by atoms with van der Waals surface area (Å²) in [5, 5.41) is 8.91. The molecular weight excluding hydrogens is 274 g/mol. The molecule has 0 fully saturated rings. The molecule has 2 aromatic carbocycles. The van der Waals surface area contributed by atoms with E-state index in [1.165, 1.54) is 0 Å². The van der Waals surface area contributed by atoms with Gasteiger partial charge in [0.1, 0.15) is 18.2 Å². The van der Waals surface area contributed by atoms with E-state index in [2.05, 4.69) is 29.9 Å². The highest BCUT2D eigenvalue weighted by molar-refractivity contribution is 5.76. The molecule has 110 valence electrons. The van der Waals surface area contributed by atoms with Gasteiger partial charge in [-0.1, -0.05) is 26.0 Å². The van der Waals surface area contributed by atoms with Crippen molar-refractivity contribution >= 4 is 11.0 Å². The maximum Gasteiger partial charge on any atom is 0.122 e. The zero-order chi connectivity index (χ0) is 15.5. The third-order valence-electron chi connectivity index (χ3n) is 3.48. The van der Waals surface area contributed by atoms with Crippen LogP contribution < -0.4 is 4.74 Å². The number of benzene rings is 2. The summed E-state index contributed by atoms with van der Waals surface area (Å²) in [7, 11) is 0. The molecular formula is C18H17N3O. The van der Waals surface area contributed by atoms with Crippen LogP contribution in [0.15, 0.2) is 42.5 Å². The predicted molar refractivity (Wildman–Crippen MR) is 85.7 cm³/mol. The number of fused-ring (bicyclic) bond motifs is 1. The van der Waals surface area contributed by atoms with Crippen molar-refractivity contribution in [1.29, 1.82) is 5.26 Å². The lowest BCUT2D eigenvalue weighted by Gasteiger charge is -2.06. The molecule has 0 saturated carbocycles. The third kappa shape index (κ3) is 2.94. The second-order valence-electron chi connectivity index (χ2n) is 5.56. The van der Waals surface area contributed by atoms with Gasteiger partial charge in [-0.25, -0.2) is 4.98 Å². The lowest BCUT2D eigenvalue weighted by molar-refractivity contribution is 0.306. The van der Waals surface area contributed by atoms with Crippen molar-refractivity contribution < 1.29 is 4.74 Å². The zero-order valence-electron chi connectivity index (χ0n) is 12.6. The number of ether oxygens (including phenoxy) is 1. The Morgan fingerprint density at radius 1 is 1.23 bits per heavy atom. The molecule has 1 heterocycles. The fourth-order valence-corrected chi connectivity index (χ4v) is 2.27. The molecule has 0 radical (unpaired) electrons. The smallest absolute Gasteiger partial charge is 0.122 e. The van der Waals surface area contributed by atoms with Crippen LogP contribution in [0.5, 0.6) is 5.75 Å². The minimum absolute atomic E-state index is 0.366. The SMILES string of the molecule is CC(C)c1nc2ccc(OCc3cccc(C#N)c3)cc2[nH]1. The monoisotopic (exact) mass is 291 g/mol. The molecule has 1 aromatic heterocycles. The van der Waals surface area contributed by atoms with Crippen LogP contribution in [0.2, 0.25) is 0 Å². The maximum absolute atomic E-state index is 8.91. The van der Waals surface area contributed by atoms with Crippen molar-refractivity contribution in [1.82, 2.24) is 9.97 Å². The molecule has 0 aliphatic carbocycles. The first-order chi connectivity index (χ1) is 10.7. The normalized spacial score (nSPS) is 10.8. The Hall–Kier alpha value is -2.80. The van der Waals surface area contributed by atoms with Gasteiger partial charge >= 0.3 is 0 Å². The van der Waals surface area contributed by atoms with E-state index < -0.39 is 0 Å². The number of aromatic amines is 1. The van der Waals surface area contributed by atoms with Crippen molar-refractivity contribution in [2.24, 2.45) is 0 Å². The Morgan fingerprint density at radius 2 is 2.09 bits per heavy atom. The first-order valence-electron chi connectivity index (χ1n) is 7.27. The van der Waals surface area contributed by atoms with E-state index in [0.29, 0.717) is 18.1 Å². The number of hydrogen-bond acceptors (Lipinski definition) is 3. The van der Waals surface area contributed by atoms with E-state index in [4.69, 9.17) is 10.00 Å². The molecule has 4 heteroatoms. The van der Waals surface area contributed by atoms with Crippen LogP contribution >= 0.6 is 0 Å². The summed E-state index contributed by atoms with van der Waals surface area (Å²) in [4.78, 5) is 7.86. The van der Waals surface area contributed by atoms with Crippen molar-refractivity contribution in [2.75, 3.05) is 0 Å². The fraction of sp³-hybridized carbons (Fsp3) is 0.222. The van der Waals surface area contributed by atoms with Crippen molar-refractivity contribution in [3.8, 4) is 11.8 Å². The predicted octanol–water partition coefficient (Wildman–Crippen LogP) is 4.14. The molecule has 0 spiro atoms. The number of nitriles is 1. The van der Waals surface area contributed by atoms with Crippen molar-refractivity contribution in [3.63, 3.8) is 0 Å². The van der Waals surface area contributed by atoms with E-state index in [-0.39, 0.29) is 0 Å². The summed E-state index contributed by atoms with van der Waals surface area (Å²) in [6.45, 7) is 4.65.